The molecular weight excluding hydrogens is 262 g/mol. The number of hydrogen-bond acceptors (Lipinski definition) is 3. The van der Waals surface area contributed by atoms with Crippen molar-refractivity contribution >= 4 is 5.91 Å². The summed E-state index contributed by atoms with van der Waals surface area (Å²) in [5.74, 6) is 0.227. The Morgan fingerprint density at radius 1 is 1.38 bits per heavy atom. The second-order valence-corrected chi connectivity index (χ2v) is 6.40. The van der Waals surface area contributed by atoms with Gasteiger partial charge in [-0.25, -0.2) is 0 Å². The highest BCUT2D eigenvalue weighted by Gasteiger charge is 2.29. The number of nitrogens with zero attached hydrogens (tertiary/aromatic N) is 2. The highest BCUT2D eigenvalue weighted by molar-refractivity contribution is 5.82. The average Bonchev–Trinajstić information content (AvgIpc) is 2.91. The van der Waals surface area contributed by atoms with Crippen LogP contribution in [0.4, 0.5) is 0 Å². The van der Waals surface area contributed by atoms with Gasteiger partial charge in [-0.3, -0.25) is 4.79 Å². The molecule has 1 saturated heterocycles. The molecule has 1 aromatic rings. The van der Waals surface area contributed by atoms with E-state index < -0.39 is 0 Å². The molecule has 1 unspecified atom stereocenters. The monoisotopic (exact) mass is 287 g/mol. The van der Waals surface area contributed by atoms with Gasteiger partial charge in [0.25, 0.3) is 0 Å². The van der Waals surface area contributed by atoms with Gasteiger partial charge in [0.1, 0.15) is 0 Å². The lowest BCUT2D eigenvalue weighted by atomic mass is 9.95. The van der Waals surface area contributed by atoms with Gasteiger partial charge in [0.2, 0.25) is 5.91 Å². The standard InChI is InChI=1S/C17H25N3O/c1-19-9-5-8-15(19)12-20(2)17(21)16-10-13-6-3-4-7-14(13)11-18-16/h3-4,6-7,15-16,18H,5,8-12H2,1-2H3/t15?,16-/m1/s1. The number of carbonyl (C=O) groups is 1. The molecule has 2 aliphatic heterocycles. The molecule has 2 aliphatic rings. The van der Waals surface area contributed by atoms with Crippen LogP contribution in [-0.4, -0.2) is 55.0 Å². The van der Waals surface area contributed by atoms with Crippen LogP contribution < -0.4 is 5.32 Å². The first-order valence-electron chi connectivity index (χ1n) is 7.90. The molecule has 4 heteroatoms. The maximum Gasteiger partial charge on any atom is 0.239 e. The second-order valence-electron chi connectivity index (χ2n) is 6.40. The maximum atomic E-state index is 12.6. The molecule has 1 amide bonds. The molecule has 2 atom stereocenters. The van der Waals surface area contributed by atoms with Gasteiger partial charge in [-0.15, -0.1) is 0 Å². The van der Waals surface area contributed by atoms with E-state index in [0.717, 1.165) is 26.1 Å². The van der Waals surface area contributed by atoms with Crippen molar-refractivity contribution in [3.05, 3.63) is 35.4 Å². The SMILES string of the molecule is CN(CC1CCCN1C)C(=O)[C@H]1Cc2ccccc2CN1. The quantitative estimate of drug-likeness (QED) is 0.909. The number of likely N-dealkylation sites (N-methyl/N-ethyl adjacent to an activating group) is 2. The normalized spacial score (nSPS) is 25.6. The molecule has 0 radical (unpaired) electrons. The summed E-state index contributed by atoms with van der Waals surface area (Å²) in [7, 11) is 4.10. The van der Waals surface area contributed by atoms with E-state index in [1.807, 2.05) is 11.9 Å². The minimum atomic E-state index is -0.0726. The van der Waals surface area contributed by atoms with E-state index >= 15 is 0 Å². The molecule has 21 heavy (non-hydrogen) atoms. The van der Waals surface area contributed by atoms with Crippen LogP contribution >= 0.6 is 0 Å². The van der Waals surface area contributed by atoms with E-state index in [2.05, 4.69) is 41.5 Å². The van der Waals surface area contributed by atoms with E-state index in [0.29, 0.717) is 6.04 Å². The molecular formula is C17H25N3O. The first-order chi connectivity index (χ1) is 10.1. The Morgan fingerprint density at radius 3 is 2.86 bits per heavy atom. The molecule has 0 bridgehead atoms. The highest BCUT2D eigenvalue weighted by atomic mass is 16.2. The molecule has 114 valence electrons. The summed E-state index contributed by atoms with van der Waals surface area (Å²) in [5, 5.41) is 3.39. The van der Waals surface area contributed by atoms with Gasteiger partial charge in [0.15, 0.2) is 0 Å². The zero-order chi connectivity index (χ0) is 14.8. The lowest BCUT2D eigenvalue weighted by Gasteiger charge is -2.31. The summed E-state index contributed by atoms with van der Waals surface area (Å²) in [5.41, 5.74) is 2.63. The Bertz CT molecular complexity index is 517. The Balaban J connectivity index is 1.60. The van der Waals surface area contributed by atoms with Crippen molar-refractivity contribution in [3.8, 4) is 0 Å². The number of nitrogens with one attached hydrogen (secondary N) is 1. The largest absolute Gasteiger partial charge is 0.343 e. The smallest absolute Gasteiger partial charge is 0.239 e. The number of likely N-dealkylation sites (tertiary alicyclic amines) is 1. The van der Waals surface area contributed by atoms with E-state index in [1.54, 1.807) is 0 Å². The molecule has 1 fully saturated rings. The summed E-state index contributed by atoms with van der Waals surface area (Å²) in [4.78, 5) is 16.9. The molecule has 3 rings (SSSR count). The number of rotatable bonds is 3. The fourth-order valence-electron chi connectivity index (χ4n) is 3.51. The molecule has 1 N–H and O–H groups in total. The first kappa shape index (κ1) is 14.5. The molecule has 0 saturated carbocycles. The summed E-state index contributed by atoms with van der Waals surface area (Å²) in [6.45, 7) is 2.79. The van der Waals surface area contributed by atoms with E-state index in [-0.39, 0.29) is 11.9 Å². The molecule has 0 aliphatic carbocycles. The van der Waals surface area contributed by atoms with Crippen LogP contribution in [0.5, 0.6) is 0 Å². The van der Waals surface area contributed by atoms with Crippen molar-refractivity contribution in [1.29, 1.82) is 0 Å². The van der Waals surface area contributed by atoms with E-state index in [4.69, 9.17) is 0 Å². The number of amides is 1. The van der Waals surface area contributed by atoms with E-state index in [1.165, 1.54) is 24.0 Å². The van der Waals surface area contributed by atoms with Crippen molar-refractivity contribution in [2.24, 2.45) is 0 Å². The lowest BCUT2D eigenvalue weighted by molar-refractivity contribution is -0.132. The summed E-state index contributed by atoms with van der Waals surface area (Å²) < 4.78 is 0. The average molecular weight is 287 g/mol. The molecule has 0 spiro atoms. The van der Waals surface area contributed by atoms with Crippen LogP contribution in [0.1, 0.15) is 24.0 Å². The number of hydrogen-bond donors (Lipinski definition) is 1. The predicted octanol–water partition coefficient (Wildman–Crippen LogP) is 1.25. The van der Waals surface area contributed by atoms with Gasteiger partial charge in [0, 0.05) is 26.2 Å². The number of benzene rings is 1. The topological polar surface area (TPSA) is 35.6 Å². The fraction of sp³-hybridized carbons (Fsp3) is 0.588. The third kappa shape index (κ3) is 3.11. The Hall–Kier alpha value is -1.39. The van der Waals surface area contributed by atoms with Gasteiger partial charge in [0.05, 0.1) is 6.04 Å². The number of fused-ring (bicyclic) bond motifs is 1. The van der Waals surface area contributed by atoms with Crippen molar-refractivity contribution in [2.75, 3.05) is 27.2 Å². The Morgan fingerprint density at radius 2 is 2.14 bits per heavy atom. The zero-order valence-corrected chi connectivity index (χ0v) is 13.0. The lowest BCUT2D eigenvalue weighted by Crippen LogP contribution is -2.50. The third-order valence-corrected chi connectivity index (χ3v) is 4.91. The van der Waals surface area contributed by atoms with Crippen molar-refractivity contribution in [3.63, 3.8) is 0 Å². The van der Waals surface area contributed by atoms with Crippen LogP contribution in [0.15, 0.2) is 24.3 Å². The summed E-state index contributed by atoms with van der Waals surface area (Å²) >= 11 is 0. The second kappa shape index (κ2) is 6.16. The van der Waals surface area contributed by atoms with Gasteiger partial charge in [-0.1, -0.05) is 24.3 Å². The Kier molecular flexibility index (Phi) is 4.27. The van der Waals surface area contributed by atoms with Crippen molar-refractivity contribution < 1.29 is 4.79 Å². The van der Waals surface area contributed by atoms with Crippen molar-refractivity contribution in [1.82, 2.24) is 15.1 Å². The molecule has 1 aromatic carbocycles. The van der Waals surface area contributed by atoms with E-state index in [9.17, 15) is 4.79 Å². The Labute approximate surface area is 127 Å². The van der Waals surface area contributed by atoms with Crippen LogP contribution in [0.25, 0.3) is 0 Å². The van der Waals surface area contributed by atoms with Gasteiger partial charge in [-0.2, -0.15) is 0 Å². The fourth-order valence-corrected chi connectivity index (χ4v) is 3.51. The van der Waals surface area contributed by atoms with Crippen LogP contribution in [0.2, 0.25) is 0 Å². The first-order valence-corrected chi connectivity index (χ1v) is 7.90. The summed E-state index contributed by atoms with van der Waals surface area (Å²) in [6, 6.07) is 8.85. The van der Waals surface area contributed by atoms with Crippen molar-refractivity contribution in [2.45, 2.75) is 37.9 Å². The highest BCUT2D eigenvalue weighted by Crippen LogP contribution is 2.19. The van der Waals surface area contributed by atoms with Gasteiger partial charge >= 0.3 is 0 Å². The minimum absolute atomic E-state index is 0.0726. The van der Waals surface area contributed by atoms with Crippen LogP contribution in [0.3, 0.4) is 0 Å². The number of carbonyl (C=O) groups excluding carboxylic acids is 1. The third-order valence-electron chi connectivity index (χ3n) is 4.91. The predicted molar refractivity (Wildman–Crippen MR) is 84.1 cm³/mol. The molecule has 0 aromatic heterocycles. The summed E-state index contributed by atoms with van der Waals surface area (Å²) in [6.07, 6.45) is 3.26. The minimum Gasteiger partial charge on any atom is -0.343 e. The molecule has 4 nitrogen and oxygen atoms in total. The van der Waals surface area contributed by atoms with Gasteiger partial charge in [-0.05, 0) is 44.0 Å². The zero-order valence-electron chi connectivity index (χ0n) is 13.0. The molecule has 2 heterocycles. The maximum absolute atomic E-state index is 12.6. The van der Waals surface area contributed by atoms with Gasteiger partial charge < -0.3 is 15.1 Å². The van der Waals surface area contributed by atoms with Crippen LogP contribution in [0, 0.1) is 0 Å². The van der Waals surface area contributed by atoms with Crippen LogP contribution in [-0.2, 0) is 17.8 Å².